The van der Waals surface area contributed by atoms with E-state index in [-0.39, 0.29) is 0 Å². The van der Waals surface area contributed by atoms with Crippen LogP contribution in [0.5, 0.6) is 0 Å². The van der Waals surface area contributed by atoms with Crippen molar-refractivity contribution in [3.8, 4) is 22.6 Å². The number of para-hydroxylation sites is 1. The molecule has 8 aromatic rings. The van der Waals surface area contributed by atoms with E-state index in [4.69, 9.17) is 9.40 Å². The zero-order valence-electron chi connectivity index (χ0n) is 22.1. The summed E-state index contributed by atoms with van der Waals surface area (Å²) in [6.45, 7) is 0. The third-order valence-corrected chi connectivity index (χ3v) is 8.61. The number of hydrogen-bond acceptors (Lipinski definition) is 4. The molecular weight excluding hydrogens is 520 g/mol. The number of aromatic nitrogens is 1. The van der Waals surface area contributed by atoms with E-state index in [0.717, 1.165) is 33.7 Å². The zero-order valence-corrected chi connectivity index (χ0v) is 22.9. The first-order valence-electron chi connectivity index (χ1n) is 13.6. The Labute approximate surface area is 241 Å². The lowest BCUT2D eigenvalue weighted by atomic mass is 10.0. The van der Waals surface area contributed by atoms with Crippen molar-refractivity contribution < 1.29 is 4.42 Å². The van der Waals surface area contributed by atoms with Gasteiger partial charge in [-0.1, -0.05) is 84.9 Å². The van der Waals surface area contributed by atoms with Crippen LogP contribution in [-0.2, 0) is 0 Å². The molecule has 194 valence electrons. The van der Waals surface area contributed by atoms with E-state index in [9.17, 15) is 0 Å². The Balaban J connectivity index is 1.32. The van der Waals surface area contributed by atoms with Crippen LogP contribution in [0.3, 0.4) is 0 Å². The second-order valence-corrected chi connectivity index (χ2v) is 11.1. The lowest BCUT2D eigenvalue weighted by Gasteiger charge is -2.26. The third kappa shape index (κ3) is 4.17. The van der Waals surface area contributed by atoms with Crippen LogP contribution in [0, 0.1) is 0 Å². The number of hydrogen-bond donors (Lipinski definition) is 0. The number of nitrogens with zero attached hydrogens (tertiary/aromatic N) is 2. The molecule has 0 atom stereocenters. The molecule has 0 saturated carbocycles. The van der Waals surface area contributed by atoms with Crippen LogP contribution in [-0.4, -0.2) is 4.98 Å². The van der Waals surface area contributed by atoms with Gasteiger partial charge in [0.15, 0.2) is 5.58 Å². The summed E-state index contributed by atoms with van der Waals surface area (Å²) in [5.41, 5.74) is 8.41. The van der Waals surface area contributed by atoms with Gasteiger partial charge in [-0.15, -0.1) is 11.3 Å². The Hall–Kier alpha value is -5.19. The second-order valence-electron chi connectivity index (χ2n) is 10.0. The van der Waals surface area contributed by atoms with E-state index in [2.05, 4.69) is 120 Å². The highest BCUT2D eigenvalue weighted by atomic mass is 32.1. The van der Waals surface area contributed by atoms with E-state index < -0.39 is 0 Å². The lowest BCUT2D eigenvalue weighted by molar-refractivity contribution is 0.620. The molecule has 0 aliphatic heterocycles. The summed E-state index contributed by atoms with van der Waals surface area (Å²) >= 11 is 1.79. The van der Waals surface area contributed by atoms with Crippen molar-refractivity contribution in [1.82, 2.24) is 4.98 Å². The molecule has 8 rings (SSSR count). The largest absolute Gasteiger partial charge is 0.436 e. The van der Waals surface area contributed by atoms with Crippen LogP contribution in [0.2, 0.25) is 0 Å². The van der Waals surface area contributed by atoms with Crippen LogP contribution in [0.25, 0.3) is 53.9 Å². The lowest BCUT2D eigenvalue weighted by Crippen LogP contribution is -2.10. The van der Waals surface area contributed by atoms with Gasteiger partial charge < -0.3 is 9.32 Å². The molecule has 4 heteroatoms. The first-order chi connectivity index (χ1) is 20.3. The average molecular weight is 545 g/mol. The van der Waals surface area contributed by atoms with Crippen LogP contribution >= 0.6 is 11.3 Å². The maximum Gasteiger partial charge on any atom is 0.227 e. The van der Waals surface area contributed by atoms with Crippen molar-refractivity contribution in [2.24, 2.45) is 0 Å². The molecule has 0 unspecified atom stereocenters. The molecule has 3 nitrogen and oxygen atoms in total. The fourth-order valence-electron chi connectivity index (χ4n) is 5.56. The predicted octanol–water partition coefficient (Wildman–Crippen LogP) is 11.0. The summed E-state index contributed by atoms with van der Waals surface area (Å²) in [6, 6.07) is 50.9. The minimum Gasteiger partial charge on any atom is -0.436 e. The number of rotatable bonds is 5. The van der Waals surface area contributed by atoms with Gasteiger partial charge in [0.2, 0.25) is 5.89 Å². The molecule has 0 aliphatic carbocycles. The Morgan fingerprint density at radius 3 is 1.90 bits per heavy atom. The summed E-state index contributed by atoms with van der Waals surface area (Å²) in [6.07, 6.45) is 0. The SMILES string of the molecule is c1ccc(-c2ccc(N(c3ccccc3)c3cccc4sc5cc6nc(-c7ccccc7)oc6cc5c34)cc2)cc1. The van der Waals surface area contributed by atoms with Gasteiger partial charge in [0.05, 0.1) is 5.69 Å². The molecule has 0 saturated heterocycles. The molecule has 0 N–H and O–H groups in total. The first kappa shape index (κ1) is 23.7. The van der Waals surface area contributed by atoms with Crippen molar-refractivity contribution in [3.05, 3.63) is 146 Å². The van der Waals surface area contributed by atoms with Gasteiger partial charge in [0.1, 0.15) is 5.52 Å². The fraction of sp³-hybridized carbons (Fsp3) is 0. The normalized spacial score (nSPS) is 11.4. The maximum absolute atomic E-state index is 6.29. The molecule has 0 fully saturated rings. The van der Waals surface area contributed by atoms with Crippen LogP contribution in [0.4, 0.5) is 17.1 Å². The molecule has 0 spiro atoms. The minimum atomic E-state index is 0.646. The Bertz CT molecular complexity index is 2130. The quantitative estimate of drug-likeness (QED) is 0.216. The third-order valence-electron chi connectivity index (χ3n) is 7.49. The average Bonchev–Trinajstić information content (AvgIpc) is 3.63. The summed E-state index contributed by atoms with van der Waals surface area (Å²) in [5, 5.41) is 2.38. The van der Waals surface area contributed by atoms with Gasteiger partial charge in [-0.25, -0.2) is 4.98 Å². The predicted molar refractivity (Wildman–Crippen MR) is 172 cm³/mol. The Morgan fingerprint density at radius 2 is 1.17 bits per heavy atom. The van der Waals surface area contributed by atoms with Crippen molar-refractivity contribution in [2.75, 3.05) is 4.90 Å². The van der Waals surface area contributed by atoms with Gasteiger partial charge in [-0.3, -0.25) is 0 Å². The minimum absolute atomic E-state index is 0.646. The highest BCUT2D eigenvalue weighted by Crippen LogP contribution is 2.46. The summed E-state index contributed by atoms with van der Waals surface area (Å²) in [7, 11) is 0. The number of oxazole rings is 1. The number of thiophene rings is 1. The molecule has 0 amide bonds. The van der Waals surface area contributed by atoms with Gasteiger partial charge in [-0.05, 0) is 71.8 Å². The molecule has 41 heavy (non-hydrogen) atoms. The van der Waals surface area contributed by atoms with Crippen LogP contribution in [0.15, 0.2) is 150 Å². The highest BCUT2D eigenvalue weighted by Gasteiger charge is 2.20. The molecule has 2 aromatic heterocycles. The van der Waals surface area contributed by atoms with Gasteiger partial charge in [0, 0.05) is 37.1 Å². The van der Waals surface area contributed by atoms with E-state index in [0.29, 0.717) is 5.89 Å². The zero-order chi connectivity index (χ0) is 27.2. The monoisotopic (exact) mass is 544 g/mol. The van der Waals surface area contributed by atoms with Crippen molar-refractivity contribution >= 4 is 59.7 Å². The van der Waals surface area contributed by atoms with Crippen LogP contribution < -0.4 is 4.90 Å². The Kier molecular flexibility index (Phi) is 5.64. The molecule has 6 aromatic carbocycles. The van der Waals surface area contributed by atoms with Gasteiger partial charge in [0.25, 0.3) is 0 Å². The number of anilines is 3. The summed E-state index contributed by atoms with van der Waals surface area (Å²) in [4.78, 5) is 7.17. The number of fused-ring (bicyclic) bond motifs is 4. The molecule has 0 radical (unpaired) electrons. The smallest absolute Gasteiger partial charge is 0.227 e. The maximum atomic E-state index is 6.29. The van der Waals surface area contributed by atoms with Crippen LogP contribution in [0.1, 0.15) is 0 Å². The molecule has 0 aliphatic rings. The molecule has 2 heterocycles. The van der Waals surface area contributed by atoms with Crippen molar-refractivity contribution in [2.45, 2.75) is 0 Å². The van der Waals surface area contributed by atoms with Gasteiger partial charge in [-0.2, -0.15) is 0 Å². The molecular formula is C37H24N2OS. The van der Waals surface area contributed by atoms with E-state index in [1.54, 1.807) is 11.3 Å². The fourth-order valence-corrected chi connectivity index (χ4v) is 6.70. The van der Waals surface area contributed by atoms with Gasteiger partial charge >= 0.3 is 0 Å². The first-order valence-corrected chi connectivity index (χ1v) is 14.5. The Morgan fingerprint density at radius 1 is 0.537 bits per heavy atom. The summed E-state index contributed by atoms with van der Waals surface area (Å²) in [5.74, 6) is 0.646. The molecule has 0 bridgehead atoms. The highest BCUT2D eigenvalue weighted by molar-refractivity contribution is 7.26. The standard InChI is InChI=1S/C37H24N2OS/c1-4-11-25(12-5-1)26-19-21-29(22-20-26)39(28-15-8-3-9-16-28)32-17-10-18-34-36(32)30-23-33-31(24-35(30)41-34)38-37(40-33)27-13-6-2-7-14-27/h1-24H. The van der Waals surface area contributed by atoms with E-state index >= 15 is 0 Å². The summed E-state index contributed by atoms with van der Waals surface area (Å²) < 4.78 is 8.71. The number of benzene rings is 6. The van der Waals surface area contributed by atoms with E-state index in [1.807, 2.05) is 30.3 Å². The second kappa shape index (κ2) is 9.77. The van der Waals surface area contributed by atoms with Crippen molar-refractivity contribution in [1.29, 1.82) is 0 Å². The van der Waals surface area contributed by atoms with E-state index in [1.165, 1.54) is 31.3 Å². The topological polar surface area (TPSA) is 29.3 Å². The van der Waals surface area contributed by atoms with Crippen molar-refractivity contribution in [3.63, 3.8) is 0 Å².